The van der Waals surface area contributed by atoms with Crippen molar-refractivity contribution >= 4 is 17.6 Å². The standard InChI is InChI=1S/C24H16O4Si.C20H26O2Si/c1-5-13-21-17(9-1)18-10-2-6-14-22(18)26-29(25-21)27-23-15-7-3-11-19(23)20-12-4-8-16-24(20)28-29;1-19(2,3)23(20(4,5)6)21-17-13-9-7-11-15(17)16-12-8-10-14-18(16)22-23/h1-16H;7-14H,1-6H3. The summed E-state index contributed by atoms with van der Waals surface area (Å²) in [5.74, 6) is 4.60. The highest BCUT2D eigenvalue weighted by atomic mass is 28.4. The van der Waals surface area contributed by atoms with Crippen LogP contribution >= 0.6 is 0 Å². The second-order valence-corrected chi connectivity index (χ2v) is 21.7. The molecule has 0 N–H and O–H groups in total. The fourth-order valence-corrected chi connectivity index (χ4v) is 13.9. The van der Waals surface area contributed by atoms with Crippen molar-refractivity contribution in [2.45, 2.75) is 51.6 Å². The largest absolute Gasteiger partial charge is 0.966 e. The minimum absolute atomic E-state index is 0.0736. The highest BCUT2D eigenvalue weighted by Crippen LogP contribution is 2.56. The fraction of sp³-hybridized carbons (Fsp3) is 0.182. The molecule has 3 aliphatic heterocycles. The van der Waals surface area contributed by atoms with Crippen molar-refractivity contribution in [2.24, 2.45) is 0 Å². The van der Waals surface area contributed by atoms with Gasteiger partial charge in [0.1, 0.15) is 34.5 Å². The summed E-state index contributed by atoms with van der Waals surface area (Å²) in [7, 11) is -6.31. The van der Waals surface area contributed by atoms with Crippen LogP contribution in [0.2, 0.25) is 10.1 Å². The molecule has 0 aliphatic carbocycles. The molecular weight excluding hydrogens is 681 g/mol. The molecular formula is C44H42O6Si2. The summed E-state index contributed by atoms with van der Waals surface area (Å²) in [5.41, 5.74) is 6.03. The summed E-state index contributed by atoms with van der Waals surface area (Å²) in [6.07, 6.45) is 0. The zero-order valence-corrected chi connectivity index (χ0v) is 32.3. The Morgan fingerprint density at radius 2 is 0.481 bits per heavy atom. The minimum atomic E-state index is -3.68. The van der Waals surface area contributed by atoms with Crippen LogP contribution in [0, 0.1) is 0 Å². The molecule has 262 valence electrons. The van der Waals surface area contributed by atoms with Gasteiger partial charge in [0.2, 0.25) is 0 Å². The summed E-state index contributed by atoms with van der Waals surface area (Å²) in [6, 6.07) is 48.0. The Morgan fingerprint density at radius 3 is 0.692 bits per heavy atom. The van der Waals surface area contributed by atoms with Gasteiger partial charge in [-0.2, -0.15) is 0 Å². The van der Waals surface area contributed by atoms with E-state index in [4.69, 9.17) is 26.6 Å². The predicted octanol–water partition coefficient (Wildman–Crippen LogP) is 11.9. The molecule has 0 radical (unpaired) electrons. The summed E-state index contributed by atoms with van der Waals surface area (Å²) in [6.45, 7) is 13.4. The van der Waals surface area contributed by atoms with Crippen molar-refractivity contribution in [3.05, 3.63) is 146 Å². The van der Waals surface area contributed by atoms with Crippen LogP contribution in [0.5, 0.6) is 34.5 Å². The van der Waals surface area contributed by atoms with E-state index in [2.05, 4.69) is 77.9 Å². The third-order valence-electron chi connectivity index (χ3n) is 9.61. The van der Waals surface area contributed by atoms with E-state index in [0.29, 0.717) is 23.0 Å². The summed E-state index contributed by atoms with van der Waals surface area (Å²) in [4.78, 5) is 0. The van der Waals surface area contributed by atoms with Gasteiger partial charge < -0.3 is 26.6 Å². The van der Waals surface area contributed by atoms with Crippen LogP contribution in [0.25, 0.3) is 33.4 Å². The number of para-hydroxylation sites is 6. The Balaban J connectivity index is 0.000000153. The second kappa shape index (κ2) is 12.6. The van der Waals surface area contributed by atoms with Crippen LogP contribution in [0.1, 0.15) is 41.5 Å². The van der Waals surface area contributed by atoms with E-state index in [-0.39, 0.29) is 10.1 Å². The number of hydrogen-bond donors (Lipinski definition) is 0. The van der Waals surface area contributed by atoms with E-state index in [1.54, 1.807) is 0 Å². The van der Waals surface area contributed by atoms with Gasteiger partial charge in [-0.05, 0) is 36.4 Å². The van der Waals surface area contributed by atoms with Crippen LogP contribution in [0.3, 0.4) is 0 Å². The van der Waals surface area contributed by atoms with Gasteiger partial charge in [0.05, 0.1) is 0 Å². The maximum Gasteiger partial charge on any atom is 0.966 e. The van der Waals surface area contributed by atoms with Gasteiger partial charge in [-0.15, -0.1) is 0 Å². The fourth-order valence-electron chi connectivity index (χ4n) is 7.40. The Bertz CT molecular complexity index is 2010. The molecule has 3 heterocycles. The molecule has 0 atom stereocenters. The Kier molecular flexibility index (Phi) is 8.19. The lowest BCUT2D eigenvalue weighted by Gasteiger charge is -2.47. The van der Waals surface area contributed by atoms with Crippen molar-refractivity contribution in [1.29, 1.82) is 0 Å². The molecule has 0 fully saturated rings. The molecule has 9 rings (SSSR count). The van der Waals surface area contributed by atoms with Gasteiger partial charge in [0.15, 0.2) is 0 Å². The number of benzene rings is 6. The first-order chi connectivity index (χ1) is 25.0. The predicted molar refractivity (Wildman–Crippen MR) is 210 cm³/mol. The average molecular weight is 723 g/mol. The molecule has 0 bridgehead atoms. The lowest BCUT2D eigenvalue weighted by atomic mass is 10.0. The number of fused-ring (bicyclic) bond motifs is 9. The van der Waals surface area contributed by atoms with Crippen LogP contribution in [-0.2, 0) is 0 Å². The molecule has 8 heteroatoms. The Hall–Kier alpha value is -5.45. The molecule has 0 unspecified atom stereocenters. The molecule has 6 aromatic carbocycles. The first kappa shape index (κ1) is 33.7. The summed E-state index contributed by atoms with van der Waals surface area (Å²) in [5, 5.41) is -0.147. The number of hydrogen-bond acceptors (Lipinski definition) is 6. The first-order valence-corrected chi connectivity index (χ1v) is 21.1. The summed E-state index contributed by atoms with van der Waals surface area (Å²) >= 11 is 0. The van der Waals surface area contributed by atoms with Crippen molar-refractivity contribution in [1.82, 2.24) is 0 Å². The molecule has 6 nitrogen and oxygen atoms in total. The zero-order chi connectivity index (χ0) is 36.1. The Morgan fingerprint density at radius 1 is 0.288 bits per heavy atom. The van der Waals surface area contributed by atoms with Gasteiger partial charge in [-0.25, -0.2) is 0 Å². The normalized spacial score (nSPS) is 15.6. The molecule has 52 heavy (non-hydrogen) atoms. The van der Waals surface area contributed by atoms with Gasteiger partial charge in [0, 0.05) is 43.5 Å². The lowest BCUT2D eigenvalue weighted by Crippen LogP contribution is -2.62. The topological polar surface area (TPSA) is 55.4 Å². The molecule has 0 saturated heterocycles. The van der Waals surface area contributed by atoms with Crippen LogP contribution in [-0.4, -0.2) is 17.6 Å². The van der Waals surface area contributed by atoms with E-state index in [1.165, 1.54) is 0 Å². The van der Waals surface area contributed by atoms with Crippen molar-refractivity contribution in [3.8, 4) is 67.9 Å². The Labute approximate surface area is 308 Å². The van der Waals surface area contributed by atoms with Gasteiger partial charge in [0.25, 0.3) is 0 Å². The zero-order valence-electron chi connectivity index (χ0n) is 30.3. The van der Waals surface area contributed by atoms with Gasteiger partial charge in [-0.1, -0.05) is 151 Å². The van der Waals surface area contributed by atoms with Crippen molar-refractivity contribution in [2.75, 3.05) is 0 Å². The molecule has 3 aliphatic rings. The lowest BCUT2D eigenvalue weighted by molar-refractivity contribution is 0.167. The van der Waals surface area contributed by atoms with E-state index in [1.807, 2.05) is 109 Å². The quantitative estimate of drug-likeness (QED) is 0.146. The van der Waals surface area contributed by atoms with Gasteiger partial charge in [-0.3, -0.25) is 0 Å². The van der Waals surface area contributed by atoms with Crippen molar-refractivity contribution in [3.63, 3.8) is 0 Å². The van der Waals surface area contributed by atoms with E-state index < -0.39 is 17.6 Å². The molecule has 0 saturated carbocycles. The van der Waals surface area contributed by atoms with E-state index >= 15 is 0 Å². The maximum atomic E-state index is 6.77. The van der Waals surface area contributed by atoms with Crippen LogP contribution < -0.4 is 26.6 Å². The third kappa shape index (κ3) is 5.82. The molecule has 1 spiro atoms. The van der Waals surface area contributed by atoms with Gasteiger partial charge >= 0.3 is 17.6 Å². The second-order valence-electron chi connectivity index (χ2n) is 15.2. The monoisotopic (exact) mass is 722 g/mol. The van der Waals surface area contributed by atoms with Crippen LogP contribution in [0.15, 0.2) is 146 Å². The molecule has 0 amide bonds. The molecule has 6 aromatic rings. The SMILES string of the molecule is CC(C)(C)[Si]1(C(C)(C)C)Oc2ccccc2-c2ccccc2O1.c1ccc2c(c1)O[Si]1(Oc3ccccc3-2)Oc2ccccc2-c2ccccc2O1. The van der Waals surface area contributed by atoms with E-state index in [0.717, 1.165) is 44.9 Å². The first-order valence-electron chi connectivity index (χ1n) is 17.7. The van der Waals surface area contributed by atoms with Crippen LogP contribution in [0.4, 0.5) is 0 Å². The van der Waals surface area contributed by atoms with Crippen molar-refractivity contribution < 1.29 is 26.6 Å². The highest BCUT2D eigenvalue weighted by molar-refractivity contribution is 6.75. The average Bonchev–Trinajstić information content (AvgIpc) is 3.44. The highest BCUT2D eigenvalue weighted by Gasteiger charge is 2.63. The number of rotatable bonds is 0. The smallest absolute Gasteiger partial charge is 0.511 e. The minimum Gasteiger partial charge on any atom is -0.511 e. The van der Waals surface area contributed by atoms with E-state index in [9.17, 15) is 0 Å². The molecule has 0 aromatic heterocycles. The summed E-state index contributed by atoms with van der Waals surface area (Å²) < 4.78 is 39.3. The maximum absolute atomic E-state index is 6.77. The third-order valence-corrected chi connectivity index (χ3v) is 16.5.